The maximum Gasteiger partial charge on any atom is 0.328 e. The minimum atomic E-state index is -3.78. The number of carbonyl (C=O) groups is 1. The normalized spacial score (nSPS) is 14.0. The van der Waals surface area contributed by atoms with Crippen molar-refractivity contribution in [2.45, 2.75) is 11.3 Å². The summed E-state index contributed by atoms with van der Waals surface area (Å²) in [6.07, 6.45) is 3.13. The van der Waals surface area contributed by atoms with Gasteiger partial charge in [0.25, 0.3) is 10.0 Å². The zero-order chi connectivity index (χ0) is 18.6. The minimum absolute atomic E-state index is 0.0667. The standard InChI is InChI=1S/C18H17NO6S/c20-18(21)9-4-13-2-6-15(7-3-13)26(22,23)19-14-5-8-16-17(12-14)25-11-1-10-24-16/h2-9,12,19H,1,10-11H2,(H,20,21). The number of nitrogens with one attached hydrogen (secondary N) is 1. The third kappa shape index (κ3) is 4.34. The van der Waals surface area contributed by atoms with Gasteiger partial charge in [-0.1, -0.05) is 12.1 Å². The number of carboxylic acid groups (broad SMARTS) is 1. The van der Waals surface area contributed by atoms with E-state index >= 15 is 0 Å². The first-order valence-electron chi connectivity index (χ1n) is 7.87. The van der Waals surface area contributed by atoms with Crippen LogP contribution < -0.4 is 14.2 Å². The van der Waals surface area contributed by atoms with E-state index in [4.69, 9.17) is 14.6 Å². The largest absolute Gasteiger partial charge is 0.490 e. The number of hydrogen-bond donors (Lipinski definition) is 2. The molecule has 1 heterocycles. The lowest BCUT2D eigenvalue weighted by molar-refractivity contribution is -0.131. The first-order valence-corrected chi connectivity index (χ1v) is 9.36. The number of fused-ring (bicyclic) bond motifs is 1. The van der Waals surface area contributed by atoms with E-state index in [9.17, 15) is 13.2 Å². The lowest BCUT2D eigenvalue weighted by Crippen LogP contribution is -2.13. The molecule has 0 unspecified atom stereocenters. The van der Waals surface area contributed by atoms with Crippen molar-refractivity contribution in [3.63, 3.8) is 0 Å². The second-order valence-electron chi connectivity index (χ2n) is 5.56. The average molecular weight is 375 g/mol. The molecule has 0 aliphatic carbocycles. The molecule has 26 heavy (non-hydrogen) atoms. The third-order valence-corrected chi connectivity index (χ3v) is 5.01. The van der Waals surface area contributed by atoms with E-state index in [0.717, 1.165) is 12.5 Å². The fraction of sp³-hybridized carbons (Fsp3) is 0.167. The predicted octanol–water partition coefficient (Wildman–Crippen LogP) is 2.75. The molecule has 2 N–H and O–H groups in total. The van der Waals surface area contributed by atoms with E-state index in [1.165, 1.54) is 30.3 Å². The molecular formula is C18H17NO6S. The maximum atomic E-state index is 12.5. The molecule has 0 atom stereocenters. The predicted molar refractivity (Wildman–Crippen MR) is 96.0 cm³/mol. The Labute approximate surface area is 150 Å². The van der Waals surface area contributed by atoms with Crippen LogP contribution in [0.15, 0.2) is 53.4 Å². The number of aliphatic carboxylic acids is 1. The molecule has 2 aromatic carbocycles. The molecule has 0 aromatic heterocycles. The van der Waals surface area contributed by atoms with Crippen LogP contribution in [0, 0.1) is 0 Å². The second-order valence-corrected chi connectivity index (χ2v) is 7.24. The van der Waals surface area contributed by atoms with E-state index < -0.39 is 16.0 Å². The van der Waals surface area contributed by atoms with Crippen LogP contribution in [-0.2, 0) is 14.8 Å². The summed E-state index contributed by atoms with van der Waals surface area (Å²) in [4.78, 5) is 10.6. The Morgan fingerprint density at radius 2 is 1.73 bits per heavy atom. The van der Waals surface area contributed by atoms with Crippen molar-refractivity contribution in [2.24, 2.45) is 0 Å². The van der Waals surface area contributed by atoms with Crippen LogP contribution in [0.5, 0.6) is 11.5 Å². The van der Waals surface area contributed by atoms with Crippen LogP contribution in [0.4, 0.5) is 5.69 Å². The van der Waals surface area contributed by atoms with Crippen LogP contribution in [0.25, 0.3) is 6.08 Å². The molecule has 0 bridgehead atoms. The van der Waals surface area contributed by atoms with Crippen molar-refractivity contribution in [1.29, 1.82) is 0 Å². The van der Waals surface area contributed by atoms with Gasteiger partial charge in [-0.15, -0.1) is 0 Å². The molecular weight excluding hydrogens is 358 g/mol. The highest BCUT2D eigenvalue weighted by molar-refractivity contribution is 7.92. The molecule has 1 aliphatic rings. The number of rotatable bonds is 5. The van der Waals surface area contributed by atoms with Gasteiger partial charge in [-0.2, -0.15) is 0 Å². The van der Waals surface area contributed by atoms with Crippen LogP contribution in [-0.4, -0.2) is 32.7 Å². The highest BCUT2D eigenvalue weighted by atomic mass is 32.2. The van der Waals surface area contributed by atoms with Gasteiger partial charge < -0.3 is 14.6 Å². The van der Waals surface area contributed by atoms with Gasteiger partial charge in [-0.05, 0) is 35.9 Å². The Kier molecular flexibility index (Phi) is 5.13. The monoisotopic (exact) mass is 375 g/mol. The lowest BCUT2D eigenvalue weighted by Gasteiger charge is -2.12. The zero-order valence-corrected chi connectivity index (χ0v) is 14.5. The van der Waals surface area contributed by atoms with Crippen molar-refractivity contribution in [3.05, 3.63) is 54.1 Å². The van der Waals surface area contributed by atoms with Crippen molar-refractivity contribution in [2.75, 3.05) is 17.9 Å². The topological polar surface area (TPSA) is 102 Å². The minimum Gasteiger partial charge on any atom is -0.490 e. The summed E-state index contributed by atoms with van der Waals surface area (Å²) >= 11 is 0. The Hall–Kier alpha value is -3.00. The highest BCUT2D eigenvalue weighted by Crippen LogP contribution is 2.33. The molecule has 136 valence electrons. The van der Waals surface area contributed by atoms with E-state index in [2.05, 4.69) is 4.72 Å². The number of benzene rings is 2. The number of anilines is 1. The van der Waals surface area contributed by atoms with Gasteiger partial charge in [0.2, 0.25) is 0 Å². The van der Waals surface area contributed by atoms with E-state index in [1.54, 1.807) is 18.2 Å². The van der Waals surface area contributed by atoms with Crippen molar-refractivity contribution in [1.82, 2.24) is 0 Å². The van der Waals surface area contributed by atoms with Gasteiger partial charge in [-0.25, -0.2) is 13.2 Å². The molecule has 2 aromatic rings. The van der Waals surface area contributed by atoms with Crippen molar-refractivity contribution in [3.8, 4) is 11.5 Å². The molecule has 8 heteroatoms. The summed E-state index contributed by atoms with van der Waals surface area (Å²) in [6.45, 7) is 1.06. The molecule has 3 rings (SSSR count). The van der Waals surface area contributed by atoms with Crippen LogP contribution >= 0.6 is 0 Å². The summed E-state index contributed by atoms with van der Waals surface area (Å²) in [5, 5.41) is 8.61. The zero-order valence-electron chi connectivity index (χ0n) is 13.7. The average Bonchev–Trinajstić information content (AvgIpc) is 2.85. The first kappa shape index (κ1) is 17.8. The fourth-order valence-corrected chi connectivity index (χ4v) is 3.42. The van der Waals surface area contributed by atoms with E-state index in [-0.39, 0.29) is 4.90 Å². The van der Waals surface area contributed by atoms with Crippen LogP contribution in [0.2, 0.25) is 0 Å². The van der Waals surface area contributed by atoms with E-state index in [1.807, 2.05) is 0 Å². The lowest BCUT2D eigenvalue weighted by atomic mass is 10.2. The van der Waals surface area contributed by atoms with Crippen LogP contribution in [0.1, 0.15) is 12.0 Å². The number of sulfonamides is 1. The molecule has 0 radical (unpaired) electrons. The Bertz CT molecular complexity index is 935. The Morgan fingerprint density at radius 1 is 1.04 bits per heavy atom. The summed E-state index contributed by atoms with van der Waals surface area (Å²) in [5.41, 5.74) is 0.950. The fourth-order valence-electron chi connectivity index (χ4n) is 2.37. The van der Waals surface area contributed by atoms with Gasteiger partial charge in [0, 0.05) is 18.6 Å². The smallest absolute Gasteiger partial charge is 0.328 e. The number of carboxylic acids is 1. The molecule has 0 saturated heterocycles. The summed E-state index contributed by atoms with van der Waals surface area (Å²) < 4.78 is 38.6. The molecule has 1 aliphatic heterocycles. The maximum absolute atomic E-state index is 12.5. The SMILES string of the molecule is O=C(O)C=Cc1ccc(S(=O)(=O)Nc2ccc3c(c2)OCCCO3)cc1. The van der Waals surface area contributed by atoms with Gasteiger partial charge in [0.15, 0.2) is 11.5 Å². The molecule has 0 saturated carbocycles. The van der Waals surface area contributed by atoms with Crippen molar-refractivity contribution >= 4 is 27.8 Å². The first-order chi connectivity index (χ1) is 12.4. The Morgan fingerprint density at radius 3 is 2.42 bits per heavy atom. The molecule has 0 amide bonds. The van der Waals surface area contributed by atoms with Gasteiger partial charge in [0.1, 0.15) is 0 Å². The van der Waals surface area contributed by atoms with Crippen molar-refractivity contribution < 1.29 is 27.8 Å². The van der Waals surface area contributed by atoms with Crippen LogP contribution in [0.3, 0.4) is 0 Å². The summed E-state index contributed by atoms with van der Waals surface area (Å²) in [5.74, 6) is 0.00893. The number of hydrogen-bond acceptors (Lipinski definition) is 5. The molecule has 7 nitrogen and oxygen atoms in total. The van der Waals surface area contributed by atoms with Gasteiger partial charge in [-0.3, -0.25) is 4.72 Å². The molecule has 0 fully saturated rings. The molecule has 0 spiro atoms. The van der Waals surface area contributed by atoms with E-state index in [0.29, 0.717) is 36.0 Å². The quantitative estimate of drug-likeness (QED) is 0.779. The highest BCUT2D eigenvalue weighted by Gasteiger charge is 2.16. The van der Waals surface area contributed by atoms with Gasteiger partial charge >= 0.3 is 5.97 Å². The third-order valence-electron chi connectivity index (χ3n) is 3.61. The number of ether oxygens (including phenoxy) is 2. The van der Waals surface area contributed by atoms with Gasteiger partial charge in [0.05, 0.1) is 23.8 Å². The summed E-state index contributed by atoms with van der Waals surface area (Å²) in [6, 6.07) is 10.7. The second kappa shape index (κ2) is 7.49. The summed E-state index contributed by atoms with van der Waals surface area (Å²) in [7, 11) is -3.78. The Balaban J connectivity index is 1.78.